The quantitative estimate of drug-likeness (QED) is 0.729. The van der Waals surface area contributed by atoms with Gasteiger partial charge in [0.2, 0.25) is 0 Å². The van der Waals surface area contributed by atoms with Gasteiger partial charge in [-0.2, -0.15) is 0 Å². The van der Waals surface area contributed by atoms with Crippen molar-refractivity contribution in [3.8, 4) is 0 Å². The summed E-state index contributed by atoms with van der Waals surface area (Å²) in [5.74, 6) is 0.633. The van der Waals surface area contributed by atoms with Crippen LogP contribution in [0.3, 0.4) is 0 Å². The molecule has 5 nitrogen and oxygen atoms in total. The van der Waals surface area contributed by atoms with Crippen LogP contribution in [0.15, 0.2) is 49.1 Å². The van der Waals surface area contributed by atoms with Gasteiger partial charge in [-0.05, 0) is 43.7 Å². The van der Waals surface area contributed by atoms with Crippen molar-refractivity contribution in [2.24, 2.45) is 5.92 Å². The van der Waals surface area contributed by atoms with Crippen molar-refractivity contribution < 1.29 is 4.79 Å². The molecule has 4 rings (SSSR count). The zero-order valence-corrected chi connectivity index (χ0v) is 14.9. The highest BCUT2D eigenvalue weighted by Gasteiger charge is 2.25. The number of fused-ring (bicyclic) bond motifs is 1. The molecule has 0 spiro atoms. The minimum absolute atomic E-state index is 0.0494. The van der Waals surface area contributed by atoms with E-state index in [2.05, 4.69) is 39.2 Å². The molecule has 1 amide bonds. The summed E-state index contributed by atoms with van der Waals surface area (Å²) in [4.78, 5) is 27.3. The molecule has 5 heteroatoms. The number of hydrogen-bond donors (Lipinski definition) is 0. The summed E-state index contributed by atoms with van der Waals surface area (Å²) >= 11 is 0. The molecule has 132 valence electrons. The van der Waals surface area contributed by atoms with Gasteiger partial charge >= 0.3 is 0 Å². The molecule has 0 atom stereocenters. The Hall–Kier alpha value is -2.82. The third-order valence-corrected chi connectivity index (χ3v) is 5.27. The summed E-state index contributed by atoms with van der Waals surface area (Å²) in [6.07, 6.45) is 8.01. The zero-order valence-electron chi connectivity index (χ0n) is 14.9. The number of amides is 1. The van der Waals surface area contributed by atoms with E-state index in [0.717, 1.165) is 43.6 Å². The van der Waals surface area contributed by atoms with Crippen molar-refractivity contribution in [1.82, 2.24) is 19.9 Å². The number of pyridine rings is 1. The van der Waals surface area contributed by atoms with Gasteiger partial charge in [-0.25, -0.2) is 9.97 Å². The maximum absolute atomic E-state index is 12.7. The molecule has 0 radical (unpaired) electrons. The number of aromatic nitrogens is 3. The Morgan fingerprint density at radius 3 is 2.77 bits per heavy atom. The summed E-state index contributed by atoms with van der Waals surface area (Å²) in [6.45, 7) is 3.43. The molecule has 0 unspecified atom stereocenters. The maximum Gasteiger partial charge on any atom is 0.257 e. The van der Waals surface area contributed by atoms with Gasteiger partial charge < -0.3 is 4.90 Å². The Morgan fingerprint density at radius 2 is 1.96 bits per heavy atom. The van der Waals surface area contributed by atoms with Crippen LogP contribution in [0.4, 0.5) is 0 Å². The van der Waals surface area contributed by atoms with Gasteiger partial charge in [0, 0.05) is 30.9 Å². The number of aryl methyl sites for hydroxylation is 1. The topological polar surface area (TPSA) is 59.0 Å². The van der Waals surface area contributed by atoms with Crippen molar-refractivity contribution in [3.05, 3.63) is 65.9 Å². The van der Waals surface area contributed by atoms with Gasteiger partial charge in [0.15, 0.2) is 0 Å². The van der Waals surface area contributed by atoms with E-state index in [4.69, 9.17) is 0 Å². The Balaban J connectivity index is 1.42. The average Bonchev–Trinajstić information content (AvgIpc) is 2.69. The number of carbonyl (C=O) groups excluding carboxylic acids is 1. The van der Waals surface area contributed by atoms with E-state index in [0.29, 0.717) is 11.5 Å². The first-order chi connectivity index (χ1) is 12.7. The van der Waals surface area contributed by atoms with Gasteiger partial charge in [0.05, 0.1) is 16.8 Å². The number of nitrogens with zero attached hydrogens (tertiary/aromatic N) is 4. The second kappa shape index (κ2) is 7.20. The summed E-state index contributed by atoms with van der Waals surface area (Å²) in [6, 6.07) is 10.5. The fourth-order valence-electron chi connectivity index (χ4n) is 3.75. The highest BCUT2D eigenvalue weighted by atomic mass is 16.2. The number of benzene rings is 1. The molecule has 0 bridgehead atoms. The summed E-state index contributed by atoms with van der Waals surface area (Å²) < 4.78 is 0. The zero-order chi connectivity index (χ0) is 17.9. The van der Waals surface area contributed by atoms with Gasteiger partial charge in [-0.15, -0.1) is 0 Å². The molecule has 0 aliphatic carbocycles. The Morgan fingerprint density at radius 1 is 1.15 bits per heavy atom. The monoisotopic (exact) mass is 346 g/mol. The number of hydrogen-bond acceptors (Lipinski definition) is 4. The normalized spacial score (nSPS) is 15.3. The van der Waals surface area contributed by atoms with E-state index >= 15 is 0 Å². The SMILES string of the molecule is Cc1ncncc1C(=O)N1CCC(Cc2cccc3cccnc23)CC1. The van der Waals surface area contributed by atoms with Crippen LogP contribution in [0.5, 0.6) is 0 Å². The van der Waals surface area contributed by atoms with E-state index in [-0.39, 0.29) is 5.91 Å². The van der Waals surface area contributed by atoms with Crippen molar-refractivity contribution in [1.29, 1.82) is 0 Å². The van der Waals surface area contributed by atoms with Crippen LogP contribution in [-0.4, -0.2) is 38.8 Å². The molecule has 1 aromatic carbocycles. The third kappa shape index (κ3) is 3.29. The second-order valence-electron chi connectivity index (χ2n) is 6.95. The molecular weight excluding hydrogens is 324 g/mol. The lowest BCUT2D eigenvalue weighted by Crippen LogP contribution is -2.39. The van der Waals surface area contributed by atoms with E-state index in [9.17, 15) is 4.79 Å². The lowest BCUT2D eigenvalue weighted by Gasteiger charge is -2.32. The van der Waals surface area contributed by atoms with Gasteiger partial charge in [-0.3, -0.25) is 9.78 Å². The molecule has 0 N–H and O–H groups in total. The van der Waals surface area contributed by atoms with Crippen LogP contribution in [-0.2, 0) is 6.42 Å². The molecule has 1 aliphatic rings. The molecule has 2 aromatic heterocycles. The number of rotatable bonds is 3. The number of likely N-dealkylation sites (tertiary alicyclic amines) is 1. The van der Waals surface area contributed by atoms with Crippen LogP contribution in [0.25, 0.3) is 10.9 Å². The molecule has 0 saturated carbocycles. The number of piperidine rings is 1. The van der Waals surface area contributed by atoms with E-state index in [1.165, 1.54) is 17.3 Å². The lowest BCUT2D eigenvalue weighted by atomic mass is 9.89. The van der Waals surface area contributed by atoms with Crippen LogP contribution in [0.1, 0.15) is 34.5 Å². The van der Waals surface area contributed by atoms with Crippen molar-refractivity contribution in [3.63, 3.8) is 0 Å². The first-order valence-electron chi connectivity index (χ1n) is 9.11. The van der Waals surface area contributed by atoms with Crippen molar-refractivity contribution in [2.45, 2.75) is 26.2 Å². The van der Waals surface area contributed by atoms with Gasteiger partial charge in [0.1, 0.15) is 6.33 Å². The van der Waals surface area contributed by atoms with Crippen LogP contribution < -0.4 is 0 Å². The van der Waals surface area contributed by atoms with Crippen molar-refractivity contribution in [2.75, 3.05) is 13.1 Å². The summed E-state index contributed by atoms with van der Waals surface area (Å²) in [5.41, 5.74) is 3.77. The second-order valence-corrected chi connectivity index (χ2v) is 6.95. The molecule has 1 aliphatic heterocycles. The molecular formula is C21H22N4O. The first-order valence-corrected chi connectivity index (χ1v) is 9.11. The first kappa shape index (κ1) is 16.6. The van der Waals surface area contributed by atoms with Crippen LogP contribution in [0.2, 0.25) is 0 Å². The van der Waals surface area contributed by atoms with E-state index in [1.807, 2.05) is 24.1 Å². The fraction of sp³-hybridized carbons (Fsp3) is 0.333. The predicted octanol–water partition coefficient (Wildman–Crippen LogP) is 3.43. The lowest BCUT2D eigenvalue weighted by molar-refractivity contribution is 0.0689. The van der Waals surface area contributed by atoms with Gasteiger partial charge in [-0.1, -0.05) is 24.3 Å². The molecule has 1 fully saturated rings. The highest BCUT2D eigenvalue weighted by Crippen LogP contribution is 2.26. The summed E-state index contributed by atoms with van der Waals surface area (Å²) in [5, 5.41) is 1.19. The van der Waals surface area contributed by atoms with Crippen molar-refractivity contribution >= 4 is 16.8 Å². The number of para-hydroxylation sites is 1. The molecule has 1 saturated heterocycles. The molecule has 3 heterocycles. The number of carbonyl (C=O) groups is 1. The molecule has 26 heavy (non-hydrogen) atoms. The Labute approximate surface area is 153 Å². The van der Waals surface area contributed by atoms with E-state index in [1.54, 1.807) is 6.20 Å². The average molecular weight is 346 g/mol. The molecule has 3 aromatic rings. The largest absolute Gasteiger partial charge is 0.339 e. The van der Waals surface area contributed by atoms with Crippen LogP contribution >= 0.6 is 0 Å². The third-order valence-electron chi connectivity index (χ3n) is 5.27. The predicted molar refractivity (Wildman–Crippen MR) is 101 cm³/mol. The summed E-state index contributed by atoms with van der Waals surface area (Å²) in [7, 11) is 0. The standard InChI is InChI=1S/C21H22N4O/c1-15-19(13-22-14-24-15)21(26)25-10-7-16(8-11-25)12-18-5-2-4-17-6-3-9-23-20(17)18/h2-6,9,13-14,16H,7-8,10-12H2,1H3. The minimum Gasteiger partial charge on any atom is -0.339 e. The van der Waals surface area contributed by atoms with Gasteiger partial charge in [0.25, 0.3) is 5.91 Å². The maximum atomic E-state index is 12.7. The fourth-order valence-corrected chi connectivity index (χ4v) is 3.75. The van der Waals surface area contributed by atoms with Crippen LogP contribution in [0, 0.1) is 12.8 Å². The Bertz CT molecular complexity index is 927. The highest BCUT2D eigenvalue weighted by molar-refractivity contribution is 5.94. The minimum atomic E-state index is 0.0494. The van der Waals surface area contributed by atoms with E-state index < -0.39 is 0 Å². The Kier molecular flexibility index (Phi) is 4.61. The smallest absolute Gasteiger partial charge is 0.257 e.